The van der Waals surface area contributed by atoms with Gasteiger partial charge in [-0.05, 0) is 40.5 Å². The molecule has 1 unspecified atom stereocenters. The van der Waals surface area contributed by atoms with Gasteiger partial charge in [0.15, 0.2) is 0 Å². The lowest BCUT2D eigenvalue weighted by Gasteiger charge is -2.11. The van der Waals surface area contributed by atoms with Crippen LogP contribution in [0.25, 0.3) is 0 Å². The van der Waals surface area contributed by atoms with Crippen LogP contribution >= 0.6 is 15.9 Å². The highest BCUT2D eigenvalue weighted by Gasteiger charge is 2.12. The average Bonchev–Trinajstić information content (AvgIpc) is 2.24. The lowest BCUT2D eigenvalue weighted by atomic mass is 10.1. The van der Waals surface area contributed by atoms with Gasteiger partial charge in [-0.1, -0.05) is 13.3 Å². The van der Waals surface area contributed by atoms with E-state index in [1.165, 1.54) is 18.2 Å². The van der Waals surface area contributed by atoms with Crippen molar-refractivity contribution in [1.82, 2.24) is 0 Å². The molecule has 0 bridgehead atoms. The Kier molecular flexibility index (Phi) is 4.89. The summed E-state index contributed by atoms with van der Waals surface area (Å²) in [5.74, 6) is -0.615. The number of carbonyl (C=O) groups excluding carboxylic acids is 1. The number of hydrogen-bond acceptors (Lipinski definition) is 2. The lowest BCUT2D eigenvalue weighted by Crippen LogP contribution is -2.35. The second-order valence-electron chi connectivity index (χ2n) is 3.51. The summed E-state index contributed by atoms with van der Waals surface area (Å²) in [4.78, 5) is 11.6. The smallest absolute Gasteiger partial charge is 0.241 e. The third kappa shape index (κ3) is 3.57. The molecule has 1 amide bonds. The molecule has 0 aliphatic heterocycles. The minimum absolute atomic E-state index is 0.250. The van der Waals surface area contributed by atoms with Crippen LogP contribution in [0.2, 0.25) is 0 Å². The third-order valence-corrected chi connectivity index (χ3v) is 2.73. The van der Waals surface area contributed by atoms with Crippen molar-refractivity contribution < 1.29 is 9.18 Å². The van der Waals surface area contributed by atoms with Gasteiger partial charge in [0.1, 0.15) is 5.82 Å². The molecule has 0 heterocycles. The number of carbonyl (C=O) groups is 1. The Morgan fingerprint density at radius 1 is 1.62 bits per heavy atom. The zero-order chi connectivity index (χ0) is 12.1. The number of anilines is 1. The van der Waals surface area contributed by atoms with Gasteiger partial charge in [-0.2, -0.15) is 0 Å². The summed E-state index contributed by atoms with van der Waals surface area (Å²) in [5, 5.41) is 2.63. The predicted octanol–water partition coefficient (Wildman–Crippen LogP) is 2.65. The summed E-state index contributed by atoms with van der Waals surface area (Å²) in [5.41, 5.74) is 6.18. The van der Waals surface area contributed by atoms with Crippen LogP contribution in [0.1, 0.15) is 19.8 Å². The Morgan fingerprint density at radius 3 is 2.88 bits per heavy atom. The molecule has 3 nitrogen and oxygen atoms in total. The van der Waals surface area contributed by atoms with E-state index in [4.69, 9.17) is 5.73 Å². The highest BCUT2D eigenvalue weighted by molar-refractivity contribution is 9.10. The summed E-state index contributed by atoms with van der Waals surface area (Å²) in [7, 11) is 0. The Balaban J connectivity index is 2.66. The summed E-state index contributed by atoms with van der Waals surface area (Å²) < 4.78 is 13.2. The number of hydrogen-bond donors (Lipinski definition) is 2. The normalized spacial score (nSPS) is 12.2. The second kappa shape index (κ2) is 5.96. The lowest BCUT2D eigenvalue weighted by molar-refractivity contribution is -0.117. The average molecular weight is 289 g/mol. The maximum Gasteiger partial charge on any atom is 0.241 e. The van der Waals surface area contributed by atoms with Gasteiger partial charge >= 0.3 is 0 Å². The zero-order valence-corrected chi connectivity index (χ0v) is 10.6. The standard InChI is InChI=1S/C11H14BrFN2O/c1-2-3-10(14)11(16)15-7-4-5-9(13)8(12)6-7/h4-6,10H,2-3,14H2,1H3,(H,15,16). The van der Waals surface area contributed by atoms with Crippen LogP contribution in [0.4, 0.5) is 10.1 Å². The minimum atomic E-state index is -0.520. The van der Waals surface area contributed by atoms with Crippen molar-refractivity contribution in [3.63, 3.8) is 0 Å². The molecule has 1 aromatic rings. The van der Waals surface area contributed by atoms with Crippen LogP contribution in [-0.4, -0.2) is 11.9 Å². The van der Waals surface area contributed by atoms with E-state index in [1.807, 2.05) is 6.92 Å². The van der Waals surface area contributed by atoms with Crippen LogP contribution in [-0.2, 0) is 4.79 Å². The van der Waals surface area contributed by atoms with Crippen LogP contribution in [0.3, 0.4) is 0 Å². The Labute approximate surface area is 102 Å². The van der Waals surface area contributed by atoms with Crippen LogP contribution < -0.4 is 11.1 Å². The molecule has 0 aromatic heterocycles. The van der Waals surface area contributed by atoms with E-state index in [2.05, 4.69) is 21.2 Å². The first kappa shape index (κ1) is 13.1. The fourth-order valence-electron chi connectivity index (χ4n) is 1.25. The number of nitrogens with one attached hydrogen (secondary N) is 1. The molecular formula is C11H14BrFN2O. The fraction of sp³-hybridized carbons (Fsp3) is 0.364. The van der Waals surface area contributed by atoms with E-state index >= 15 is 0 Å². The molecule has 3 N–H and O–H groups in total. The molecule has 0 saturated carbocycles. The fourth-order valence-corrected chi connectivity index (χ4v) is 1.63. The summed E-state index contributed by atoms with van der Waals surface area (Å²) >= 11 is 3.05. The van der Waals surface area contributed by atoms with Gasteiger partial charge < -0.3 is 11.1 Å². The Hall–Kier alpha value is -0.940. The van der Waals surface area contributed by atoms with E-state index < -0.39 is 6.04 Å². The molecule has 16 heavy (non-hydrogen) atoms. The largest absolute Gasteiger partial charge is 0.325 e. The maximum atomic E-state index is 12.9. The van der Waals surface area contributed by atoms with Crippen molar-refractivity contribution in [1.29, 1.82) is 0 Å². The summed E-state index contributed by atoms with van der Waals surface area (Å²) in [6.45, 7) is 1.96. The SMILES string of the molecule is CCCC(N)C(=O)Nc1ccc(F)c(Br)c1. The molecule has 1 atom stereocenters. The van der Waals surface area contributed by atoms with Crippen molar-refractivity contribution in [2.24, 2.45) is 5.73 Å². The molecule has 5 heteroatoms. The van der Waals surface area contributed by atoms with Crippen molar-refractivity contribution >= 4 is 27.5 Å². The van der Waals surface area contributed by atoms with E-state index in [0.717, 1.165) is 6.42 Å². The van der Waals surface area contributed by atoms with Crippen molar-refractivity contribution in [3.8, 4) is 0 Å². The molecule has 0 aliphatic carbocycles. The van der Waals surface area contributed by atoms with Gasteiger partial charge in [-0.3, -0.25) is 4.79 Å². The molecule has 0 radical (unpaired) electrons. The first-order valence-corrected chi connectivity index (χ1v) is 5.85. The van der Waals surface area contributed by atoms with E-state index in [-0.39, 0.29) is 11.7 Å². The molecule has 0 saturated heterocycles. The van der Waals surface area contributed by atoms with Gasteiger partial charge in [0.25, 0.3) is 0 Å². The highest BCUT2D eigenvalue weighted by Crippen LogP contribution is 2.20. The van der Waals surface area contributed by atoms with Gasteiger partial charge in [0.05, 0.1) is 10.5 Å². The summed E-state index contributed by atoms with van der Waals surface area (Å²) in [6.07, 6.45) is 1.48. The van der Waals surface area contributed by atoms with Gasteiger partial charge in [-0.25, -0.2) is 4.39 Å². The molecule has 0 aliphatic rings. The topological polar surface area (TPSA) is 55.1 Å². The quantitative estimate of drug-likeness (QED) is 0.895. The number of rotatable bonds is 4. The molecule has 1 rings (SSSR count). The van der Waals surface area contributed by atoms with Crippen molar-refractivity contribution in [2.75, 3.05) is 5.32 Å². The van der Waals surface area contributed by atoms with E-state index in [9.17, 15) is 9.18 Å². The monoisotopic (exact) mass is 288 g/mol. The number of amides is 1. The molecule has 0 spiro atoms. The number of nitrogens with two attached hydrogens (primary N) is 1. The van der Waals surface area contributed by atoms with Crippen molar-refractivity contribution in [2.45, 2.75) is 25.8 Å². The van der Waals surface area contributed by atoms with E-state index in [0.29, 0.717) is 16.6 Å². The molecule has 0 fully saturated rings. The summed E-state index contributed by atoms with van der Waals surface area (Å²) in [6, 6.07) is 3.77. The third-order valence-electron chi connectivity index (χ3n) is 2.12. The Bertz CT molecular complexity index is 384. The first-order valence-electron chi connectivity index (χ1n) is 5.06. The zero-order valence-electron chi connectivity index (χ0n) is 8.97. The van der Waals surface area contributed by atoms with Gasteiger partial charge in [0.2, 0.25) is 5.91 Å². The second-order valence-corrected chi connectivity index (χ2v) is 4.37. The minimum Gasteiger partial charge on any atom is -0.325 e. The number of benzene rings is 1. The van der Waals surface area contributed by atoms with Gasteiger partial charge in [0, 0.05) is 5.69 Å². The molecular weight excluding hydrogens is 275 g/mol. The first-order chi connectivity index (χ1) is 7.54. The number of halogens is 2. The highest BCUT2D eigenvalue weighted by atomic mass is 79.9. The van der Waals surface area contributed by atoms with Crippen molar-refractivity contribution in [3.05, 3.63) is 28.5 Å². The molecule has 88 valence electrons. The van der Waals surface area contributed by atoms with Crippen LogP contribution in [0, 0.1) is 5.82 Å². The molecule has 1 aromatic carbocycles. The van der Waals surface area contributed by atoms with Gasteiger partial charge in [-0.15, -0.1) is 0 Å². The van der Waals surface area contributed by atoms with E-state index in [1.54, 1.807) is 0 Å². The Morgan fingerprint density at radius 2 is 2.31 bits per heavy atom. The van der Waals surface area contributed by atoms with Crippen LogP contribution in [0.5, 0.6) is 0 Å². The maximum absolute atomic E-state index is 12.9. The predicted molar refractivity (Wildman–Crippen MR) is 65.6 cm³/mol. The van der Waals surface area contributed by atoms with Crippen LogP contribution in [0.15, 0.2) is 22.7 Å².